The number of nitriles is 2. The fourth-order valence-electron chi connectivity index (χ4n) is 1.71. The second-order valence-corrected chi connectivity index (χ2v) is 3.58. The Labute approximate surface area is 79.4 Å². The van der Waals surface area contributed by atoms with Gasteiger partial charge in [0.25, 0.3) is 0 Å². The molecule has 3 heteroatoms. The highest BCUT2D eigenvalue weighted by molar-refractivity contribution is 4.92. The van der Waals surface area contributed by atoms with E-state index in [2.05, 4.69) is 11.4 Å². The van der Waals surface area contributed by atoms with E-state index < -0.39 is 0 Å². The fraction of sp³-hybridized carbons (Fsp3) is 0.800. The van der Waals surface area contributed by atoms with Gasteiger partial charge in [-0.3, -0.25) is 0 Å². The molecule has 13 heavy (non-hydrogen) atoms. The van der Waals surface area contributed by atoms with Crippen LogP contribution in [0.25, 0.3) is 0 Å². The first-order valence-corrected chi connectivity index (χ1v) is 4.86. The monoisotopic (exact) mass is 177 g/mol. The van der Waals surface area contributed by atoms with Gasteiger partial charge in [-0.1, -0.05) is 12.8 Å². The SMILES string of the molecule is N#CCC(C#N)CNC1CCCC1. The predicted octanol–water partition coefficient (Wildman–Crippen LogP) is 1.57. The van der Waals surface area contributed by atoms with E-state index in [-0.39, 0.29) is 5.92 Å². The van der Waals surface area contributed by atoms with Crippen molar-refractivity contribution in [2.75, 3.05) is 6.54 Å². The van der Waals surface area contributed by atoms with E-state index in [1.54, 1.807) is 0 Å². The Hall–Kier alpha value is -1.06. The maximum atomic E-state index is 8.69. The molecule has 0 aliphatic heterocycles. The Balaban J connectivity index is 2.16. The van der Waals surface area contributed by atoms with Crippen molar-refractivity contribution in [1.82, 2.24) is 5.32 Å². The van der Waals surface area contributed by atoms with Crippen molar-refractivity contribution in [3.05, 3.63) is 0 Å². The van der Waals surface area contributed by atoms with Crippen LogP contribution in [0.1, 0.15) is 32.1 Å². The highest BCUT2D eigenvalue weighted by Gasteiger charge is 2.15. The normalized spacial score (nSPS) is 19.2. The second-order valence-electron chi connectivity index (χ2n) is 3.58. The van der Waals surface area contributed by atoms with Crippen molar-refractivity contribution in [2.45, 2.75) is 38.1 Å². The minimum atomic E-state index is -0.134. The lowest BCUT2D eigenvalue weighted by molar-refractivity contribution is 0.481. The molecule has 1 unspecified atom stereocenters. The molecule has 1 rings (SSSR count). The Morgan fingerprint density at radius 1 is 1.31 bits per heavy atom. The van der Waals surface area contributed by atoms with Gasteiger partial charge in [0.2, 0.25) is 0 Å². The molecule has 1 N–H and O–H groups in total. The predicted molar refractivity (Wildman–Crippen MR) is 49.6 cm³/mol. The topological polar surface area (TPSA) is 59.6 Å². The van der Waals surface area contributed by atoms with Gasteiger partial charge in [0.05, 0.1) is 24.5 Å². The van der Waals surface area contributed by atoms with Gasteiger partial charge in [-0.05, 0) is 12.8 Å². The van der Waals surface area contributed by atoms with E-state index in [0.717, 1.165) is 0 Å². The van der Waals surface area contributed by atoms with Gasteiger partial charge in [-0.15, -0.1) is 0 Å². The summed E-state index contributed by atoms with van der Waals surface area (Å²) in [5, 5.41) is 20.5. The van der Waals surface area contributed by atoms with Crippen molar-refractivity contribution in [3.63, 3.8) is 0 Å². The third-order valence-corrected chi connectivity index (χ3v) is 2.53. The molecule has 0 aromatic carbocycles. The van der Waals surface area contributed by atoms with Crippen LogP contribution >= 0.6 is 0 Å². The van der Waals surface area contributed by atoms with Gasteiger partial charge >= 0.3 is 0 Å². The molecular formula is C10H15N3. The van der Waals surface area contributed by atoms with Crippen LogP contribution in [0.2, 0.25) is 0 Å². The average molecular weight is 177 g/mol. The molecule has 0 heterocycles. The molecule has 1 fully saturated rings. The zero-order valence-electron chi connectivity index (χ0n) is 7.79. The van der Waals surface area contributed by atoms with E-state index in [4.69, 9.17) is 10.5 Å². The molecule has 1 atom stereocenters. The van der Waals surface area contributed by atoms with Crippen molar-refractivity contribution < 1.29 is 0 Å². The molecular weight excluding hydrogens is 162 g/mol. The van der Waals surface area contributed by atoms with E-state index in [1.165, 1.54) is 25.7 Å². The standard InChI is InChI=1S/C10H15N3/c11-6-5-9(7-12)8-13-10-3-1-2-4-10/h9-10,13H,1-5,8H2. The molecule has 0 aromatic heterocycles. The van der Waals surface area contributed by atoms with Crippen LogP contribution in [0.15, 0.2) is 0 Å². The van der Waals surface area contributed by atoms with Crippen LogP contribution in [-0.2, 0) is 0 Å². The first-order valence-electron chi connectivity index (χ1n) is 4.86. The lowest BCUT2D eigenvalue weighted by Gasteiger charge is -2.12. The van der Waals surface area contributed by atoms with Gasteiger partial charge in [0, 0.05) is 12.6 Å². The summed E-state index contributed by atoms with van der Waals surface area (Å²) in [6.07, 6.45) is 5.39. The van der Waals surface area contributed by atoms with Gasteiger partial charge in [-0.25, -0.2) is 0 Å². The van der Waals surface area contributed by atoms with Gasteiger partial charge in [0.15, 0.2) is 0 Å². The summed E-state index contributed by atoms with van der Waals surface area (Å²) in [6.45, 7) is 0.675. The van der Waals surface area contributed by atoms with Crippen LogP contribution in [0, 0.1) is 28.6 Å². The molecule has 1 saturated carbocycles. The summed E-state index contributed by atoms with van der Waals surface area (Å²) in [5.41, 5.74) is 0. The average Bonchev–Trinajstić information content (AvgIpc) is 2.64. The molecule has 1 aliphatic carbocycles. The van der Waals surface area contributed by atoms with Gasteiger partial charge in [-0.2, -0.15) is 10.5 Å². The van der Waals surface area contributed by atoms with Crippen molar-refractivity contribution >= 4 is 0 Å². The largest absolute Gasteiger partial charge is 0.313 e. The second kappa shape index (κ2) is 5.56. The fourth-order valence-corrected chi connectivity index (χ4v) is 1.71. The maximum absolute atomic E-state index is 8.69. The molecule has 0 saturated heterocycles. The third kappa shape index (κ3) is 3.44. The van der Waals surface area contributed by atoms with Crippen LogP contribution in [0.4, 0.5) is 0 Å². The smallest absolute Gasteiger partial charge is 0.0717 e. The highest BCUT2D eigenvalue weighted by Crippen LogP contribution is 2.17. The van der Waals surface area contributed by atoms with Gasteiger partial charge < -0.3 is 5.32 Å². The Morgan fingerprint density at radius 2 is 2.00 bits per heavy atom. The van der Waals surface area contributed by atoms with E-state index in [1.807, 2.05) is 6.07 Å². The van der Waals surface area contributed by atoms with Crippen molar-refractivity contribution in [2.24, 2.45) is 5.92 Å². The van der Waals surface area contributed by atoms with E-state index in [9.17, 15) is 0 Å². The van der Waals surface area contributed by atoms with Crippen molar-refractivity contribution in [3.8, 4) is 12.1 Å². The Morgan fingerprint density at radius 3 is 2.54 bits per heavy atom. The first kappa shape index (κ1) is 10.0. The Bertz CT molecular complexity index is 217. The number of hydrogen-bond donors (Lipinski definition) is 1. The summed E-state index contributed by atoms with van der Waals surface area (Å²) in [6, 6.07) is 4.77. The number of hydrogen-bond acceptors (Lipinski definition) is 3. The number of rotatable bonds is 4. The maximum Gasteiger partial charge on any atom is 0.0717 e. The molecule has 0 spiro atoms. The Kier molecular flexibility index (Phi) is 4.29. The van der Waals surface area contributed by atoms with E-state index >= 15 is 0 Å². The zero-order valence-corrected chi connectivity index (χ0v) is 7.79. The minimum absolute atomic E-state index is 0.134. The molecule has 0 radical (unpaired) electrons. The summed E-state index contributed by atoms with van der Waals surface area (Å²) < 4.78 is 0. The lowest BCUT2D eigenvalue weighted by Crippen LogP contribution is -2.30. The minimum Gasteiger partial charge on any atom is -0.313 e. The molecule has 0 amide bonds. The van der Waals surface area contributed by atoms with Crippen LogP contribution in [0.5, 0.6) is 0 Å². The summed E-state index contributed by atoms with van der Waals surface area (Å²) >= 11 is 0. The third-order valence-electron chi connectivity index (χ3n) is 2.53. The van der Waals surface area contributed by atoms with Crippen LogP contribution in [-0.4, -0.2) is 12.6 Å². The molecule has 1 aliphatic rings. The first-order chi connectivity index (χ1) is 6.36. The van der Waals surface area contributed by atoms with Gasteiger partial charge in [0.1, 0.15) is 0 Å². The summed E-state index contributed by atoms with van der Waals surface area (Å²) in [5.74, 6) is -0.134. The molecule has 0 aromatic rings. The van der Waals surface area contributed by atoms with E-state index in [0.29, 0.717) is 19.0 Å². The lowest BCUT2D eigenvalue weighted by atomic mass is 10.1. The quantitative estimate of drug-likeness (QED) is 0.709. The summed E-state index contributed by atoms with van der Waals surface area (Å²) in [7, 11) is 0. The number of nitrogens with zero attached hydrogens (tertiary/aromatic N) is 2. The van der Waals surface area contributed by atoms with Crippen LogP contribution < -0.4 is 5.32 Å². The zero-order chi connectivity index (χ0) is 9.52. The highest BCUT2D eigenvalue weighted by atomic mass is 14.9. The molecule has 0 bridgehead atoms. The molecule has 3 nitrogen and oxygen atoms in total. The number of nitrogens with one attached hydrogen (secondary N) is 1. The summed E-state index contributed by atoms with van der Waals surface area (Å²) in [4.78, 5) is 0. The van der Waals surface area contributed by atoms with Crippen LogP contribution in [0.3, 0.4) is 0 Å². The molecule has 70 valence electrons. The van der Waals surface area contributed by atoms with Crippen molar-refractivity contribution in [1.29, 1.82) is 10.5 Å².